The zero-order chi connectivity index (χ0) is 28.2. The number of halogens is 3. The molecule has 0 radical (unpaired) electrons. The van der Waals surface area contributed by atoms with Gasteiger partial charge in [0.1, 0.15) is 18.1 Å². The van der Waals surface area contributed by atoms with Crippen molar-refractivity contribution in [3.05, 3.63) is 83.2 Å². The van der Waals surface area contributed by atoms with Gasteiger partial charge in [-0.1, -0.05) is 19.9 Å². The number of nitrogens with two attached hydrogens (primary N) is 1. The van der Waals surface area contributed by atoms with Crippen LogP contribution in [0, 0.1) is 24.1 Å². The standard InChI is InChI=1S/C29H27F3N6O/c1-4-29(5-2,16-33)23-8-6-7-21(36-23)15-39-27-24(19-13-17(3)35-22(14-19)26(31)32)25(37-28(34)38-27)18-9-11-20(30)12-10-18/h6-14,26H,4-5,15H2,1-3H3,(H2,34,37,38). The van der Waals surface area contributed by atoms with Gasteiger partial charge in [-0.15, -0.1) is 0 Å². The number of benzene rings is 1. The van der Waals surface area contributed by atoms with Crippen molar-refractivity contribution < 1.29 is 17.9 Å². The van der Waals surface area contributed by atoms with Crippen molar-refractivity contribution in [2.24, 2.45) is 0 Å². The first-order valence-corrected chi connectivity index (χ1v) is 12.4. The van der Waals surface area contributed by atoms with Crippen LogP contribution in [0.25, 0.3) is 22.4 Å². The van der Waals surface area contributed by atoms with E-state index in [0.717, 1.165) is 0 Å². The van der Waals surface area contributed by atoms with Gasteiger partial charge >= 0.3 is 0 Å². The maximum absolute atomic E-state index is 13.7. The minimum absolute atomic E-state index is 0.0392. The Morgan fingerprint density at radius 1 is 0.974 bits per heavy atom. The van der Waals surface area contributed by atoms with Crippen LogP contribution in [-0.2, 0) is 12.0 Å². The molecule has 39 heavy (non-hydrogen) atoms. The second kappa shape index (κ2) is 11.5. The summed E-state index contributed by atoms with van der Waals surface area (Å²) in [4.78, 5) is 17.2. The monoisotopic (exact) mass is 532 g/mol. The van der Waals surface area contributed by atoms with Gasteiger partial charge in [-0.2, -0.15) is 10.2 Å². The largest absolute Gasteiger partial charge is 0.471 e. The molecule has 200 valence electrons. The molecule has 0 aliphatic rings. The number of pyridine rings is 2. The number of hydrogen-bond acceptors (Lipinski definition) is 7. The third kappa shape index (κ3) is 5.82. The molecular formula is C29H27F3N6O. The fraction of sp³-hybridized carbons (Fsp3) is 0.276. The molecular weight excluding hydrogens is 505 g/mol. The van der Waals surface area contributed by atoms with E-state index in [2.05, 4.69) is 26.0 Å². The molecule has 1 aromatic carbocycles. The summed E-state index contributed by atoms with van der Waals surface area (Å²) in [5.41, 5.74) is 7.83. The van der Waals surface area contributed by atoms with Gasteiger partial charge in [0.25, 0.3) is 6.43 Å². The van der Waals surface area contributed by atoms with Gasteiger partial charge in [0.15, 0.2) is 0 Å². The van der Waals surface area contributed by atoms with Crippen LogP contribution in [0.2, 0.25) is 0 Å². The van der Waals surface area contributed by atoms with Gasteiger partial charge in [0.2, 0.25) is 11.8 Å². The van der Waals surface area contributed by atoms with Gasteiger partial charge in [-0.05, 0) is 73.9 Å². The predicted molar refractivity (Wildman–Crippen MR) is 141 cm³/mol. The first-order chi connectivity index (χ1) is 18.7. The molecule has 0 aliphatic carbocycles. The molecule has 0 aliphatic heterocycles. The molecule has 0 amide bonds. The Labute approximate surface area is 224 Å². The molecule has 0 spiro atoms. The van der Waals surface area contributed by atoms with Crippen LogP contribution < -0.4 is 10.5 Å². The van der Waals surface area contributed by atoms with Crippen molar-refractivity contribution in [1.29, 1.82) is 5.26 Å². The van der Waals surface area contributed by atoms with Crippen molar-refractivity contribution in [3.8, 4) is 34.3 Å². The Morgan fingerprint density at radius 3 is 2.33 bits per heavy atom. The first-order valence-electron chi connectivity index (χ1n) is 12.4. The highest BCUT2D eigenvalue weighted by atomic mass is 19.3. The fourth-order valence-electron chi connectivity index (χ4n) is 4.38. The number of nitrogens with zero attached hydrogens (tertiary/aromatic N) is 5. The second-order valence-corrected chi connectivity index (χ2v) is 9.04. The maximum Gasteiger partial charge on any atom is 0.280 e. The molecule has 0 saturated carbocycles. The predicted octanol–water partition coefficient (Wildman–Crippen LogP) is 6.73. The summed E-state index contributed by atoms with van der Waals surface area (Å²) in [6.45, 7) is 5.44. The van der Waals surface area contributed by atoms with E-state index >= 15 is 0 Å². The average molecular weight is 533 g/mol. The van der Waals surface area contributed by atoms with Gasteiger partial charge in [-0.25, -0.2) is 18.2 Å². The summed E-state index contributed by atoms with van der Waals surface area (Å²) >= 11 is 0. The van der Waals surface area contributed by atoms with Crippen molar-refractivity contribution in [1.82, 2.24) is 19.9 Å². The summed E-state index contributed by atoms with van der Waals surface area (Å²) in [6, 6.07) is 16.2. The number of rotatable bonds is 9. The van der Waals surface area contributed by atoms with Crippen LogP contribution in [0.4, 0.5) is 19.1 Å². The molecule has 3 heterocycles. The molecule has 2 N–H and O–H groups in total. The topological polar surface area (TPSA) is 111 Å². The number of ether oxygens (including phenoxy) is 1. The van der Waals surface area contributed by atoms with E-state index in [-0.39, 0.29) is 24.1 Å². The molecule has 4 rings (SSSR count). The number of hydrogen-bond donors (Lipinski definition) is 1. The number of nitriles is 1. The SMILES string of the molecule is CCC(C#N)(CC)c1cccc(COc2nc(N)nc(-c3ccc(F)cc3)c2-c2cc(C)nc(C(F)F)c2)n1. The second-order valence-electron chi connectivity index (χ2n) is 9.04. The van der Waals surface area contributed by atoms with Crippen LogP contribution >= 0.6 is 0 Å². The zero-order valence-electron chi connectivity index (χ0n) is 21.8. The number of aryl methyl sites for hydroxylation is 1. The van der Waals surface area contributed by atoms with E-state index in [1.807, 2.05) is 19.9 Å². The van der Waals surface area contributed by atoms with Crippen LogP contribution in [0.3, 0.4) is 0 Å². The third-order valence-electron chi connectivity index (χ3n) is 6.57. The lowest BCUT2D eigenvalue weighted by Crippen LogP contribution is -2.24. The normalized spacial score (nSPS) is 11.4. The van der Waals surface area contributed by atoms with Gasteiger partial charge in [0.05, 0.1) is 34.1 Å². The Morgan fingerprint density at radius 2 is 1.69 bits per heavy atom. The molecule has 0 fully saturated rings. The molecule has 0 saturated heterocycles. The summed E-state index contributed by atoms with van der Waals surface area (Å²) < 4.78 is 47.1. The Hall–Kier alpha value is -4.52. The lowest BCUT2D eigenvalue weighted by Gasteiger charge is -2.23. The highest BCUT2D eigenvalue weighted by molar-refractivity contribution is 5.85. The molecule has 4 aromatic rings. The number of aromatic nitrogens is 4. The van der Waals surface area contributed by atoms with Crippen LogP contribution in [-0.4, -0.2) is 19.9 Å². The van der Waals surface area contributed by atoms with Crippen molar-refractivity contribution in [2.75, 3.05) is 5.73 Å². The third-order valence-corrected chi connectivity index (χ3v) is 6.57. The van der Waals surface area contributed by atoms with E-state index in [4.69, 9.17) is 10.5 Å². The van der Waals surface area contributed by atoms with E-state index in [1.165, 1.54) is 30.3 Å². The Bertz CT molecular complexity index is 1510. The van der Waals surface area contributed by atoms with Gasteiger partial charge in [-0.3, -0.25) is 9.97 Å². The highest BCUT2D eigenvalue weighted by Gasteiger charge is 2.30. The number of alkyl halides is 2. The van der Waals surface area contributed by atoms with Crippen LogP contribution in [0.5, 0.6) is 5.88 Å². The molecule has 7 nitrogen and oxygen atoms in total. The van der Waals surface area contributed by atoms with E-state index in [1.54, 1.807) is 25.1 Å². The molecule has 0 bridgehead atoms. The average Bonchev–Trinajstić information content (AvgIpc) is 2.93. The first kappa shape index (κ1) is 27.5. The highest BCUT2D eigenvalue weighted by Crippen LogP contribution is 2.39. The molecule has 3 aromatic heterocycles. The van der Waals surface area contributed by atoms with E-state index in [9.17, 15) is 18.4 Å². The van der Waals surface area contributed by atoms with Crippen molar-refractivity contribution >= 4 is 5.95 Å². The van der Waals surface area contributed by atoms with Crippen molar-refractivity contribution in [3.63, 3.8) is 0 Å². The smallest absolute Gasteiger partial charge is 0.280 e. The summed E-state index contributed by atoms with van der Waals surface area (Å²) in [7, 11) is 0. The fourth-order valence-corrected chi connectivity index (χ4v) is 4.38. The summed E-state index contributed by atoms with van der Waals surface area (Å²) in [5, 5.41) is 9.83. The van der Waals surface area contributed by atoms with Gasteiger partial charge in [0, 0.05) is 11.3 Å². The molecule has 0 unspecified atom stereocenters. The quantitative estimate of drug-likeness (QED) is 0.254. The zero-order valence-corrected chi connectivity index (χ0v) is 21.8. The molecule has 0 atom stereocenters. The van der Waals surface area contributed by atoms with Crippen molar-refractivity contribution in [2.45, 2.75) is 52.1 Å². The van der Waals surface area contributed by atoms with Crippen LogP contribution in [0.15, 0.2) is 54.6 Å². The summed E-state index contributed by atoms with van der Waals surface area (Å²) in [5.74, 6) is -0.524. The Kier molecular flexibility index (Phi) is 8.10. The van der Waals surface area contributed by atoms with E-state index < -0.39 is 23.4 Å². The minimum Gasteiger partial charge on any atom is -0.471 e. The lowest BCUT2D eigenvalue weighted by atomic mass is 9.80. The Balaban J connectivity index is 1.83. The van der Waals surface area contributed by atoms with E-state index in [0.29, 0.717) is 46.6 Å². The maximum atomic E-state index is 13.7. The number of nitrogen functional groups attached to an aromatic ring is 1. The lowest BCUT2D eigenvalue weighted by molar-refractivity contribution is 0.146. The van der Waals surface area contributed by atoms with Gasteiger partial charge < -0.3 is 10.5 Å². The minimum atomic E-state index is -2.80. The molecule has 10 heteroatoms. The number of anilines is 1. The summed E-state index contributed by atoms with van der Waals surface area (Å²) in [6.07, 6.45) is -1.61. The van der Waals surface area contributed by atoms with Crippen LogP contribution in [0.1, 0.15) is 55.9 Å².